The molecule has 0 fully saturated rings. The Bertz CT molecular complexity index is 156. The van der Waals surface area contributed by atoms with Crippen molar-refractivity contribution in [2.75, 3.05) is 32.8 Å². The van der Waals surface area contributed by atoms with Gasteiger partial charge in [-0.3, -0.25) is 4.90 Å². The molecule has 0 unspecified atom stereocenters. The minimum atomic E-state index is -0.0810. The van der Waals surface area contributed by atoms with Crippen LogP contribution in [0.1, 0.15) is 41.5 Å². The van der Waals surface area contributed by atoms with Gasteiger partial charge < -0.3 is 9.47 Å². The Labute approximate surface area is 107 Å². The van der Waals surface area contributed by atoms with Crippen LogP contribution < -0.4 is 0 Å². The van der Waals surface area contributed by atoms with Crippen molar-refractivity contribution in [2.24, 2.45) is 11.8 Å². The number of rotatable bonds is 10. The fraction of sp³-hybridized carbons (Fsp3) is 1.00. The smallest absolute Gasteiger partial charge is 0.170 e. The van der Waals surface area contributed by atoms with Gasteiger partial charge in [0.1, 0.15) is 0 Å². The molecule has 0 rings (SSSR count). The molecule has 0 atom stereocenters. The van der Waals surface area contributed by atoms with Crippen LogP contribution in [0, 0.1) is 11.8 Å². The first-order chi connectivity index (χ1) is 7.99. The molecule has 0 aromatic rings. The van der Waals surface area contributed by atoms with E-state index >= 15 is 0 Å². The second-order valence-electron chi connectivity index (χ2n) is 5.35. The van der Waals surface area contributed by atoms with Crippen molar-refractivity contribution in [1.82, 2.24) is 4.90 Å². The summed E-state index contributed by atoms with van der Waals surface area (Å²) in [5, 5.41) is 0. The highest BCUT2D eigenvalue weighted by Gasteiger charge is 2.16. The third-order valence-corrected chi connectivity index (χ3v) is 2.36. The lowest BCUT2D eigenvalue weighted by atomic mass is 10.1. The Morgan fingerprint density at radius 3 is 1.47 bits per heavy atom. The van der Waals surface area contributed by atoms with E-state index in [2.05, 4.69) is 32.6 Å². The van der Waals surface area contributed by atoms with Crippen molar-refractivity contribution in [2.45, 2.75) is 47.8 Å². The molecule has 3 nitrogen and oxygen atoms in total. The normalized spacial score (nSPS) is 12.4. The van der Waals surface area contributed by atoms with Crippen LogP contribution in [0.2, 0.25) is 0 Å². The lowest BCUT2D eigenvalue weighted by molar-refractivity contribution is -0.148. The molecule has 0 saturated carbocycles. The second-order valence-corrected chi connectivity index (χ2v) is 5.35. The van der Waals surface area contributed by atoms with Gasteiger partial charge in [0.15, 0.2) is 6.29 Å². The highest BCUT2D eigenvalue weighted by Crippen LogP contribution is 2.07. The molecule has 0 aliphatic heterocycles. The molecule has 17 heavy (non-hydrogen) atoms. The highest BCUT2D eigenvalue weighted by atomic mass is 16.7. The molecule has 0 aliphatic carbocycles. The SMILES string of the molecule is CCOC(CN(CC(C)C)CC(C)C)OCC. The average Bonchev–Trinajstić information content (AvgIpc) is 2.15. The standard InChI is InChI=1S/C14H31NO2/c1-7-16-14(17-8-2)11-15(9-12(3)4)10-13(5)6/h12-14H,7-11H2,1-6H3. The van der Waals surface area contributed by atoms with Crippen molar-refractivity contribution in [3.63, 3.8) is 0 Å². The first-order valence-electron chi connectivity index (χ1n) is 6.95. The van der Waals surface area contributed by atoms with Crippen LogP contribution in [0.25, 0.3) is 0 Å². The Kier molecular flexibility index (Phi) is 9.79. The summed E-state index contributed by atoms with van der Waals surface area (Å²) in [6.07, 6.45) is -0.0810. The molecule has 0 saturated heterocycles. The van der Waals surface area contributed by atoms with Crippen LogP contribution in [0.3, 0.4) is 0 Å². The molecule has 0 heterocycles. The molecular weight excluding hydrogens is 214 g/mol. The predicted molar refractivity (Wildman–Crippen MR) is 73.2 cm³/mol. The molecule has 0 amide bonds. The zero-order valence-corrected chi connectivity index (χ0v) is 12.5. The van der Waals surface area contributed by atoms with E-state index in [-0.39, 0.29) is 6.29 Å². The van der Waals surface area contributed by atoms with Crippen LogP contribution in [-0.2, 0) is 9.47 Å². The van der Waals surface area contributed by atoms with Crippen LogP contribution in [0.5, 0.6) is 0 Å². The zero-order valence-electron chi connectivity index (χ0n) is 12.5. The summed E-state index contributed by atoms with van der Waals surface area (Å²) < 4.78 is 11.2. The largest absolute Gasteiger partial charge is 0.352 e. The van der Waals surface area contributed by atoms with Gasteiger partial charge in [0.05, 0.1) is 0 Å². The van der Waals surface area contributed by atoms with Gasteiger partial charge in [-0.1, -0.05) is 27.7 Å². The quantitative estimate of drug-likeness (QED) is 0.552. The van der Waals surface area contributed by atoms with Gasteiger partial charge in [0.25, 0.3) is 0 Å². The van der Waals surface area contributed by atoms with E-state index in [1.54, 1.807) is 0 Å². The van der Waals surface area contributed by atoms with E-state index in [1.165, 1.54) is 0 Å². The summed E-state index contributed by atoms with van der Waals surface area (Å²) in [6.45, 7) is 17.6. The molecule has 3 heteroatoms. The fourth-order valence-electron chi connectivity index (χ4n) is 1.99. The van der Waals surface area contributed by atoms with Crippen molar-refractivity contribution in [3.05, 3.63) is 0 Å². The zero-order chi connectivity index (χ0) is 13.3. The fourth-order valence-corrected chi connectivity index (χ4v) is 1.99. The maximum absolute atomic E-state index is 5.61. The Hall–Kier alpha value is -0.120. The van der Waals surface area contributed by atoms with Gasteiger partial charge in [-0.2, -0.15) is 0 Å². The molecule has 0 aliphatic rings. The molecule has 104 valence electrons. The van der Waals surface area contributed by atoms with Gasteiger partial charge >= 0.3 is 0 Å². The Balaban J connectivity index is 4.24. The second kappa shape index (κ2) is 9.86. The topological polar surface area (TPSA) is 21.7 Å². The van der Waals surface area contributed by atoms with E-state index in [0.29, 0.717) is 25.0 Å². The third kappa shape index (κ3) is 9.57. The minimum absolute atomic E-state index is 0.0810. The van der Waals surface area contributed by atoms with Crippen LogP contribution >= 0.6 is 0 Å². The van der Waals surface area contributed by atoms with E-state index in [4.69, 9.17) is 9.47 Å². The molecular formula is C14H31NO2. The van der Waals surface area contributed by atoms with Gasteiger partial charge in [0, 0.05) is 32.8 Å². The summed E-state index contributed by atoms with van der Waals surface area (Å²) in [7, 11) is 0. The monoisotopic (exact) mass is 245 g/mol. The lowest BCUT2D eigenvalue weighted by Gasteiger charge is -2.29. The maximum atomic E-state index is 5.61. The molecule has 0 aromatic carbocycles. The number of ether oxygens (including phenoxy) is 2. The molecule has 0 radical (unpaired) electrons. The predicted octanol–water partition coefficient (Wildman–Crippen LogP) is 3.00. The average molecular weight is 245 g/mol. The lowest BCUT2D eigenvalue weighted by Crippen LogP contribution is -2.39. The van der Waals surface area contributed by atoms with Gasteiger partial charge in [-0.05, 0) is 25.7 Å². The van der Waals surface area contributed by atoms with Gasteiger partial charge in [-0.25, -0.2) is 0 Å². The van der Waals surface area contributed by atoms with Gasteiger partial charge in [-0.15, -0.1) is 0 Å². The van der Waals surface area contributed by atoms with Crippen LogP contribution in [-0.4, -0.2) is 44.0 Å². The van der Waals surface area contributed by atoms with E-state index < -0.39 is 0 Å². The highest BCUT2D eigenvalue weighted by molar-refractivity contribution is 4.64. The van der Waals surface area contributed by atoms with Crippen LogP contribution in [0.4, 0.5) is 0 Å². The number of hydrogen-bond acceptors (Lipinski definition) is 3. The molecule has 0 aromatic heterocycles. The summed E-state index contributed by atoms with van der Waals surface area (Å²) in [4.78, 5) is 2.45. The summed E-state index contributed by atoms with van der Waals surface area (Å²) >= 11 is 0. The van der Waals surface area contributed by atoms with Crippen molar-refractivity contribution >= 4 is 0 Å². The summed E-state index contributed by atoms with van der Waals surface area (Å²) in [5.74, 6) is 1.36. The van der Waals surface area contributed by atoms with Crippen molar-refractivity contribution in [1.29, 1.82) is 0 Å². The molecule has 0 N–H and O–H groups in total. The third-order valence-electron chi connectivity index (χ3n) is 2.36. The van der Waals surface area contributed by atoms with E-state index in [0.717, 1.165) is 19.6 Å². The number of nitrogens with zero attached hydrogens (tertiary/aromatic N) is 1. The van der Waals surface area contributed by atoms with E-state index in [9.17, 15) is 0 Å². The minimum Gasteiger partial charge on any atom is -0.352 e. The first-order valence-corrected chi connectivity index (χ1v) is 6.95. The number of hydrogen-bond donors (Lipinski definition) is 0. The maximum Gasteiger partial charge on any atom is 0.170 e. The summed E-state index contributed by atoms with van der Waals surface area (Å²) in [6, 6.07) is 0. The molecule has 0 bridgehead atoms. The van der Waals surface area contributed by atoms with E-state index in [1.807, 2.05) is 13.8 Å². The molecule has 0 spiro atoms. The first kappa shape index (κ1) is 16.9. The summed E-state index contributed by atoms with van der Waals surface area (Å²) in [5.41, 5.74) is 0. The Morgan fingerprint density at radius 2 is 1.18 bits per heavy atom. The van der Waals surface area contributed by atoms with Crippen molar-refractivity contribution < 1.29 is 9.47 Å². The van der Waals surface area contributed by atoms with Crippen molar-refractivity contribution in [3.8, 4) is 0 Å². The van der Waals surface area contributed by atoms with Gasteiger partial charge in [0.2, 0.25) is 0 Å². The van der Waals surface area contributed by atoms with Crippen LogP contribution in [0.15, 0.2) is 0 Å². The Morgan fingerprint density at radius 1 is 0.765 bits per heavy atom.